The molecule has 0 amide bonds. The lowest BCUT2D eigenvalue weighted by Gasteiger charge is -2.21. The fraction of sp³-hybridized carbons (Fsp3) is 0.417. The zero-order valence-electron chi connectivity index (χ0n) is 11.5. The maximum atomic E-state index is 12.5. The molecule has 0 radical (unpaired) electrons. The van der Waals surface area contributed by atoms with Gasteiger partial charge in [0.25, 0.3) is 0 Å². The van der Waals surface area contributed by atoms with Gasteiger partial charge in [-0.1, -0.05) is 18.5 Å². The van der Waals surface area contributed by atoms with Crippen molar-refractivity contribution < 1.29 is 17.9 Å². The molecule has 20 heavy (non-hydrogen) atoms. The van der Waals surface area contributed by atoms with E-state index >= 15 is 0 Å². The number of nitrogens with two attached hydrogens (primary N) is 1. The van der Waals surface area contributed by atoms with Crippen molar-refractivity contribution in [2.24, 2.45) is 0 Å². The summed E-state index contributed by atoms with van der Waals surface area (Å²) in [4.78, 5) is 11.3. The van der Waals surface area contributed by atoms with E-state index in [1.165, 1.54) is 19.2 Å². The van der Waals surface area contributed by atoms with E-state index in [4.69, 9.17) is 17.3 Å². The van der Waals surface area contributed by atoms with Crippen LogP contribution in [0.3, 0.4) is 0 Å². The molecular formula is C12H17ClN2O4S. The highest BCUT2D eigenvalue weighted by Gasteiger charge is 2.28. The fourth-order valence-corrected chi connectivity index (χ4v) is 3.62. The number of benzene rings is 1. The van der Waals surface area contributed by atoms with Gasteiger partial charge in [-0.25, -0.2) is 8.42 Å². The van der Waals surface area contributed by atoms with Gasteiger partial charge in [0.2, 0.25) is 10.0 Å². The topological polar surface area (TPSA) is 89.7 Å². The van der Waals surface area contributed by atoms with Crippen LogP contribution in [0, 0.1) is 6.92 Å². The Bertz CT molecular complexity index is 616. The van der Waals surface area contributed by atoms with Crippen LogP contribution in [0.4, 0.5) is 5.69 Å². The van der Waals surface area contributed by atoms with Gasteiger partial charge in [-0.15, -0.1) is 0 Å². The fourth-order valence-electron chi connectivity index (χ4n) is 1.66. The van der Waals surface area contributed by atoms with E-state index in [1.54, 1.807) is 13.8 Å². The third-order valence-corrected chi connectivity index (χ3v) is 5.13. The molecule has 0 aliphatic heterocycles. The maximum absolute atomic E-state index is 12.5. The number of hydrogen-bond acceptors (Lipinski definition) is 5. The standard InChI is InChI=1S/C12H17ClN2O4S/c1-4-15(7-12(16)19-3)20(17,18)11-6-9(13)5-10(14)8(11)2/h5-6H,4,7,14H2,1-3H3. The summed E-state index contributed by atoms with van der Waals surface area (Å²) < 4.78 is 30.6. The second-order valence-corrected chi connectivity index (χ2v) is 6.47. The predicted octanol–water partition coefficient (Wildman–Crippen LogP) is 1.41. The third kappa shape index (κ3) is 3.41. The number of nitrogen functional groups attached to an aromatic ring is 1. The molecule has 0 heterocycles. The first-order valence-electron chi connectivity index (χ1n) is 5.86. The normalized spacial score (nSPS) is 11.7. The molecule has 1 aromatic rings. The summed E-state index contributed by atoms with van der Waals surface area (Å²) in [6.45, 7) is 2.98. The number of halogens is 1. The van der Waals surface area contributed by atoms with Crippen LogP contribution in [-0.2, 0) is 19.6 Å². The number of methoxy groups -OCH3 is 1. The van der Waals surface area contributed by atoms with Crippen LogP contribution < -0.4 is 5.73 Å². The minimum atomic E-state index is -3.86. The monoisotopic (exact) mass is 320 g/mol. The molecule has 0 aliphatic rings. The Hall–Kier alpha value is -1.31. The van der Waals surface area contributed by atoms with E-state index in [0.29, 0.717) is 5.56 Å². The minimum Gasteiger partial charge on any atom is -0.468 e. The maximum Gasteiger partial charge on any atom is 0.321 e. The van der Waals surface area contributed by atoms with E-state index in [1.807, 2.05) is 0 Å². The van der Waals surface area contributed by atoms with Gasteiger partial charge in [-0.2, -0.15) is 4.31 Å². The van der Waals surface area contributed by atoms with Crippen molar-refractivity contribution in [2.75, 3.05) is 25.9 Å². The van der Waals surface area contributed by atoms with Crippen molar-refractivity contribution in [1.82, 2.24) is 4.31 Å². The van der Waals surface area contributed by atoms with Gasteiger partial charge in [-0.05, 0) is 24.6 Å². The van der Waals surface area contributed by atoms with Crippen molar-refractivity contribution in [2.45, 2.75) is 18.7 Å². The second kappa shape index (κ2) is 6.43. The summed E-state index contributed by atoms with van der Waals surface area (Å²) in [5.41, 5.74) is 6.41. The highest BCUT2D eigenvalue weighted by atomic mass is 35.5. The summed E-state index contributed by atoms with van der Waals surface area (Å²) in [7, 11) is -2.66. The molecule has 0 saturated carbocycles. The molecule has 0 saturated heterocycles. The average molecular weight is 321 g/mol. The van der Waals surface area contributed by atoms with Crippen molar-refractivity contribution in [3.63, 3.8) is 0 Å². The van der Waals surface area contributed by atoms with E-state index < -0.39 is 16.0 Å². The van der Waals surface area contributed by atoms with Gasteiger partial charge in [0.05, 0.1) is 12.0 Å². The lowest BCUT2D eigenvalue weighted by atomic mass is 10.2. The Morgan fingerprint density at radius 1 is 1.45 bits per heavy atom. The first-order chi connectivity index (χ1) is 9.23. The van der Waals surface area contributed by atoms with Crippen LogP contribution in [0.25, 0.3) is 0 Å². The molecule has 0 aliphatic carbocycles. The zero-order valence-corrected chi connectivity index (χ0v) is 13.1. The average Bonchev–Trinajstić information content (AvgIpc) is 2.39. The molecule has 8 heteroatoms. The van der Waals surface area contributed by atoms with Gasteiger partial charge in [-0.3, -0.25) is 4.79 Å². The molecule has 0 aromatic heterocycles. The van der Waals surface area contributed by atoms with Crippen LogP contribution >= 0.6 is 11.6 Å². The number of carbonyl (C=O) groups is 1. The molecule has 1 rings (SSSR count). The number of ether oxygens (including phenoxy) is 1. The highest BCUT2D eigenvalue weighted by Crippen LogP contribution is 2.28. The van der Waals surface area contributed by atoms with Crippen LogP contribution in [0.5, 0.6) is 0 Å². The van der Waals surface area contributed by atoms with Crippen LogP contribution in [-0.4, -0.2) is 38.9 Å². The minimum absolute atomic E-state index is 0.00625. The van der Waals surface area contributed by atoms with Gasteiger partial charge < -0.3 is 10.5 Å². The Morgan fingerprint density at radius 2 is 2.05 bits per heavy atom. The molecule has 0 bridgehead atoms. The molecule has 1 aromatic carbocycles. The Labute approximate surface area is 123 Å². The summed E-state index contributed by atoms with van der Waals surface area (Å²) in [6.07, 6.45) is 0. The first kappa shape index (κ1) is 16.7. The van der Waals surface area contributed by atoms with E-state index in [2.05, 4.69) is 4.74 Å². The lowest BCUT2D eigenvalue weighted by molar-refractivity contribution is -0.140. The Kier molecular flexibility index (Phi) is 5.38. The quantitative estimate of drug-likeness (QED) is 0.654. The number of nitrogens with zero attached hydrogens (tertiary/aromatic N) is 1. The van der Waals surface area contributed by atoms with Gasteiger partial charge in [0.15, 0.2) is 0 Å². The number of likely N-dealkylation sites (N-methyl/N-ethyl adjacent to an activating group) is 1. The largest absolute Gasteiger partial charge is 0.468 e. The SMILES string of the molecule is CCN(CC(=O)OC)S(=O)(=O)c1cc(Cl)cc(N)c1C. The lowest BCUT2D eigenvalue weighted by Crippen LogP contribution is -2.36. The Balaban J connectivity index is 3.31. The van der Waals surface area contributed by atoms with Crippen molar-refractivity contribution >= 4 is 33.3 Å². The number of esters is 1. The molecule has 112 valence electrons. The predicted molar refractivity (Wildman–Crippen MR) is 77.1 cm³/mol. The number of hydrogen-bond donors (Lipinski definition) is 1. The molecule has 0 fully saturated rings. The van der Waals surface area contributed by atoms with Crippen LogP contribution in [0.15, 0.2) is 17.0 Å². The van der Waals surface area contributed by atoms with E-state index in [-0.39, 0.29) is 28.7 Å². The molecule has 2 N–H and O–H groups in total. The Morgan fingerprint density at radius 3 is 2.55 bits per heavy atom. The van der Waals surface area contributed by atoms with Gasteiger partial charge >= 0.3 is 5.97 Å². The molecule has 0 atom stereocenters. The number of anilines is 1. The van der Waals surface area contributed by atoms with E-state index in [0.717, 1.165) is 4.31 Å². The highest BCUT2D eigenvalue weighted by molar-refractivity contribution is 7.89. The smallest absolute Gasteiger partial charge is 0.321 e. The number of rotatable bonds is 5. The van der Waals surface area contributed by atoms with Crippen molar-refractivity contribution in [3.8, 4) is 0 Å². The first-order valence-corrected chi connectivity index (χ1v) is 7.68. The zero-order chi connectivity index (χ0) is 15.5. The van der Waals surface area contributed by atoms with Gasteiger partial charge in [0.1, 0.15) is 6.54 Å². The van der Waals surface area contributed by atoms with Crippen LogP contribution in [0.2, 0.25) is 5.02 Å². The summed E-state index contributed by atoms with van der Waals surface area (Å²) in [6, 6.07) is 2.80. The molecule has 0 unspecified atom stereocenters. The van der Waals surface area contributed by atoms with Gasteiger partial charge in [0, 0.05) is 17.3 Å². The summed E-state index contributed by atoms with van der Waals surface area (Å²) in [5, 5.41) is 0.223. The summed E-state index contributed by atoms with van der Waals surface area (Å²) >= 11 is 5.85. The molecule has 6 nitrogen and oxygen atoms in total. The van der Waals surface area contributed by atoms with Crippen LogP contribution in [0.1, 0.15) is 12.5 Å². The second-order valence-electron chi connectivity index (χ2n) is 4.13. The summed E-state index contributed by atoms with van der Waals surface area (Å²) in [5.74, 6) is -0.636. The van der Waals surface area contributed by atoms with Crippen molar-refractivity contribution in [1.29, 1.82) is 0 Å². The third-order valence-electron chi connectivity index (χ3n) is 2.87. The van der Waals surface area contributed by atoms with Crippen molar-refractivity contribution in [3.05, 3.63) is 22.7 Å². The molecular weight excluding hydrogens is 304 g/mol. The van der Waals surface area contributed by atoms with E-state index in [9.17, 15) is 13.2 Å². The number of carbonyl (C=O) groups excluding carboxylic acids is 1. The number of sulfonamides is 1. The molecule has 0 spiro atoms.